The van der Waals surface area contributed by atoms with Gasteiger partial charge in [0.05, 0.1) is 13.0 Å². The molecule has 0 bridgehead atoms. The van der Waals surface area contributed by atoms with Crippen LogP contribution in [0.15, 0.2) is 78.9 Å². The highest BCUT2D eigenvalue weighted by Gasteiger charge is 2.35. The van der Waals surface area contributed by atoms with E-state index in [0.717, 1.165) is 32.1 Å². The number of rotatable bonds is 6. The normalized spacial score (nSPS) is 19.0. The largest absolute Gasteiger partial charge is 0.461 e. The lowest BCUT2D eigenvalue weighted by molar-refractivity contribution is -0.146. The van der Waals surface area contributed by atoms with Crippen LogP contribution in [0.25, 0.3) is 11.1 Å². The van der Waals surface area contributed by atoms with E-state index in [-0.39, 0.29) is 44.6 Å². The van der Waals surface area contributed by atoms with Crippen LogP contribution in [-0.2, 0) is 36.3 Å². The molecule has 1 aliphatic carbocycles. The van der Waals surface area contributed by atoms with Gasteiger partial charge in [0.25, 0.3) is 11.3 Å². The van der Waals surface area contributed by atoms with Crippen LogP contribution < -0.4 is 0 Å². The van der Waals surface area contributed by atoms with Gasteiger partial charge in [0, 0.05) is 18.4 Å². The van der Waals surface area contributed by atoms with Crippen LogP contribution in [0.5, 0.6) is 0 Å². The van der Waals surface area contributed by atoms with E-state index in [1.807, 2.05) is 66.7 Å². The van der Waals surface area contributed by atoms with Gasteiger partial charge >= 0.3 is 12.1 Å². The highest BCUT2D eigenvalue weighted by Crippen LogP contribution is 2.44. The molecule has 180 valence electrons. The molecule has 1 fully saturated rings. The Morgan fingerprint density at radius 1 is 0.886 bits per heavy atom. The van der Waals surface area contributed by atoms with Crippen molar-refractivity contribution in [3.8, 4) is 11.1 Å². The molecule has 7 nitrogen and oxygen atoms in total. The van der Waals surface area contributed by atoms with Crippen LogP contribution in [0.4, 0.5) is 4.79 Å². The summed E-state index contributed by atoms with van der Waals surface area (Å²) in [6.07, 6.45) is -0.676. The first-order valence-corrected chi connectivity index (χ1v) is 12.5. The van der Waals surface area contributed by atoms with Crippen LogP contribution in [-0.4, -0.2) is 40.3 Å². The summed E-state index contributed by atoms with van der Waals surface area (Å²) in [7, 11) is 0. The minimum Gasteiger partial charge on any atom is -0.461 e. The van der Waals surface area contributed by atoms with Gasteiger partial charge in [-0.2, -0.15) is 0 Å². The zero-order valence-corrected chi connectivity index (χ0v) is 19.8. The zero-order valence-electron chi connectivity index (χ0n) is 19.0. The number of hydrogen-bond donors (Lipinski definition) is 0. The second kappa shape index (κ2) is 10.4. The van der Waals surface area contributed by atoms with Gasteiger partial charge in [-0.25, -0.2) is 13.3 Å². The van der Waals surface area contributed by atoms with Gasteiger partial charge in [-0.05, 0) is 27.8 Å². The minimum absolute atomic E-state index is 0.0528. The number of amides is 1. The summed E-state index contributed by atoms with van der Waals surface area (Å²) in [5, 5.41) is 0. The van der Waals surface area contributed by atoms with E-state index in [1.54, 1.807) is 0 Å². The van der Waals surface area contributed by atoms with Crippen molar-refractivity contribution < 1.29 is 27.5 Å². The van der Waals surface area contributed by atoms with Gasteiger partial charge in [-0.15, -0.1) is 0 Å². The predicted octanol–water partition coefficient (Wildman–Crippen LogP) is 4.60. The summed E-state index contributed by atoms with van der Waals surface area (Å²) in [6, 6.07) is 25.5. The Bertz CT molecular complexity index is 1200. The van der Waals surface area contributed by atoms with Crippen molar-refractivity contribution in [2.24, 2.45) is 5.92 Å². The number of carbonyl (C=O) groups is 2. The first kappa shape index (κ1) is 23.3. The molecule has 0 aromatic heterocycles. The Labute approximate surface area is 206 Å². The van der Waals surface area contributed by atoms with E-state index in [0.29, 0.717) is 0 Å². The number of esters is 1. The number of carbonyl (C=O) groups excluding carboxylic acids is 2. The van der Waals surface area contributed by atoms with Gasteiger partial charge in [-0.3, -0.25) is 8.98 Å². The van der Waals surface area contributed by atoms with E-state index >= 15 is 0 Å². The van der Waals surface area contributed by atoms with Crippen molar-refractivity contribution in [3.63, 3.8) is 0 Å². The lowest BCUT2D eigenvalue weighted by Gasteiger charge is -2.29. The maximum atomic E-state index is 12.8. The van der Waals surface area contributed by atoms with E-state index in [1.165, 1.54) is 0 Å². The molecule has 1 unspecified atom stereocenters. The number of nitrogens with zero attached hydrogens (tertiary/aromatic N) is 1. The molecular weight excluding hydrogens is 466 g/mol. The van der Waals surface area contributed by atoms with Gasteiger partial charge in [0.1, 0.15) is 13.2 Å². The van der Waals surface area contributed by atoms with Crippen molar-refractivity contribution in [1.29, 1.82) is 0 Å². The molecule has 2 atom stereocenters. The second-order valence-electron chi connectivity index (χ2n) is 8.58. The molecule has 8 heteroatoms. The van der Waals surface area contributed by atoms with Crippen molar-refractivity contribution in [2.45, 2.75) is 18.9 Å². The smallest absolute Gasteiger partial charge is 0.423 e. The number of ether oxygens (including phenoxy) is 2. The molecule has 1 heterocycles. The van der Waals surface area contributed by atoms with Gasteiger partial charge in [0.2, 0.25) is 0 Å². The van der Waals surface area contributed by atoms with Gasteiger partial charge < -0.3 is 9.47 Å². The molecule has 1 saturated heterocycles. The van der Waals surface area contributed by atoms with E-state index in [9.17, 15) is 13.8 Å². The van der Waals surface area contributed by atoms with E-state index in [2.05, 4.69) is 12.1 Å². The summed E-state index contributed by atoms with van der Waals surface area (Å²) in [5.74, 6) is -0.840. The maximum Gasteiger partial charge on any atom is 0.423 e. The number of benzene rings is 3. The Morgan fingerprint density at radius 2 is 1.51 bits per heavy atom. The highest BCUT2D eigenvalue weighted by molar-refractivity contribution is 7.78. The third-order valence-corrected chi connectivity index (χ3v) is 7.24. The first-order valence-electron chi connectivity index (χ1n) is 11.5. The molecule has 1 aliphatic heterocycles. The van der Waals surface area contributed by atoms with Crippen molar-refractivity contribution >= 4 is 23.3 Å². The zero-order chi connectivity index (χ0) is 24.2. The first-order chi connectivity index (χ1) is 17.1. The average Bonchev–Trinajstić information content (AvgIpc) is 3.21. The Balaban J connectivity index is 1.18. The lowest BCUT2D eigenvalue weighted by atomic mass is 9.98. The van der Waals surface area contributed by atoms with Crippen LogP contribution in [0.3, 0.4) is 0 Å². The van der Waals surface area contributed by atoms with Crippen molar-refractivity contribution in [1.82, 2.24) is 4.31 Å². The Kier molecular flexibility index (Phi) is 6.92. The molecule has 0 saturated carbocycles. The summed E-state index contributed by atoms with van der Waals surface area (Å²) in [4.78, 5) is 25.1. The molecular formula is C27H25NO6S. The minimum atomic E-state index is -1.96. The van der Waals surface area contributed by atoms with Crippen LogP contribution in [0.1, 0.15) is 29.0 Å². The SMILES string of the molecule is O=C(C[C@@H]1COS(=O)N(C(=O)OCC2c3ccccc3-c3ccccc32)C1)OCc1ccccc1. The predicted molar refractivity (Wildman–Crippen MR) is 130 cm³/mol. The van der Waals surface area contributed by atoms with Crippen molar-refractivity contribution in [3.05, 3.63) is 95.6 Å². The fraction of sp³-hybridized carbons (Fsp3) is 0.259. The molecule has 0 N–H and O–H groups in total. The molecule has 3 aromatic rings. The fourth-order valence-corrected chi connectivity index (χ4v) is 5.47. The van der Waals surface area contributed by atoms with Crippen molar-refractivity contribution in [2.75, 3.05) is 19.8 Å². The molecule has 3 aromatic carbocycles. The van der Waals surface area contributed by atoms with Crippen LogP contribution >= 0.6 is 0 Å². The number of fused-ring (bicyclic) bond motifs is 3. The molecule has 5 rings (SSSR count). The third-order valence-electron chi connectivity index (χ3n) is 6.25. The van der Waals surface area contributed by atoms with Crippen LogP contribution in [0.2, 0.25) is 0 Å². The summed E-state index contributed by atoms with van der Waals surface area (Å²) in [5.41, 5.74) is 5.33. The molecule has 0 radical (unpaired) electrons. The van der Waals surface area contributed by atoms with Crippen LogP contribution in [0, 0.1) is 5.92 Å². The van der Waals surface area contributed by atoms with E-state index in [4.69, 9.17) is 13.7 Å². The topological polar surface area (TPSA) is 82.1 Å². The third kappa shape index (κ3) is 5.13. The average molecular weight is 492 g/mol. The summed E-state index contributed by atoms with van der Waals surface area (Å²) in [6.45, 7) is 0.476. The monoisotopic (exact) mass is 491 g/mol. The summed E-state index contributed by atoms with van der Waals surface area (Å²) < 4.78 is 29.6. The fourth-order valence-electron chi connectivity index (χ4n) is 4.52. The molecule has 0 spiro atoms. The van der Waals surface area contributed by atoms with Gasteiger partial charge in [0.15, 0.2) is 0 Å². The Hall–Kier alpha value is -3.49. The molecule has 35 heavy (non-hydrogen) atoms. The maximum absolute atomic E-state index is 12.8. The standard InChI is InChI=1S/C27H25NO6S/c29-26(32-16-19-8-2-1-3-9-19)14-20-15-28(35(31)34-17-20)27(30)33-18-25-23-12-6-4-10-21(23)22-11-5-7-13-24(22)25/h1-13,20,25H,14-18H2/t20-,35?/m0/s1. The lowest BCUT2D eigenvalue weighted by Crippen LogP contribution is -2.44. The molecule has 1 amide bonds. The Morgan fingerprint density at radius 3 is 2.20 bits per heavy atom. The quantitative estimate of drug-likeness (QED) is 0.469. The van der Waals surface area contributed by atoms with Gasteiger partial charge in [-0.1, -0.05) is 78.9 Å². The van der Waals surface area contributed by atoms with E-state index < -0.39 is 23.3 Å². The molecule has 2 aliphatic rings. The second-order valence-corrected chi connectivity index (χ2v) is 9.69. The number of hydrogen-bond acceptors (Lipinski definition) is 6. The summed E-state index contributed by atoms with van der Waals surface area (Å²) >= 11 is -1.96. The highest BCUT2D eigenvalue weighted by atomic mass is 32.2.